The Morgan fingerprint density at radius 1 is 1.40 bits per heavy atom. The fourth-order valence-corrected chi connectivity index (χ4v) is 1.84. The molecule has 7 nitrogen and oxygen atoms in total. The Labute approximate surface area is 114 Å². The third kappa shape index (κ3) is 2.77. The van der Waals surface area contributed by atoms with Crippen LogP contribution in [0.2, 0.25) is 0 Å². The van der Waals surface area contributed by atoms with Gasteiger partial charge in [0.1, 0.15) is 10.7 Å². The Bertz CT molecular complexity index is 663. The van der Waals surface area contributed by atoms with Crippen molar-refractivity contribution in [1.29, 1.82) is 0 Å². The van der Waals surface area contributed by atoms with Gasteiger partial charge in [0.25, 0.3) is 0 Å². The minimum atomic E-state index is -0.595. The standard InChI is InChI=1S/C13H13N3O4/c1-8-10(13(14)17)3-2-4-11(8)15-7-9-5-6-12(20-9)16(18)19/h2-6,15H,7H2,1H3,(H2,14,17). The van der Waals surface area contributed by atoms with Gasteiger partial charge >= 0.3 is 5.88 Å². The van der Waals surface area contributed by atoms with Crippen molar-refractivity contribution >= 4 is 17.5 Å². The summed E-state index contributed by atoms with van der Waals surface area (Å²) in [5.41, 5.74) is 7.14. The molecule has 0 aliphatic rings. The molecular formula is C13H13N3O4. The van der Waals surface area contributed by atoms with Crippen LogP contribution < -0.4 is 11.1 Å². The number of amides is 1. The number of nitrogens with one attached hydrogen (secondary N) is 1. The summed E-state index contributed by atoms with van der Waals surface area (Å²) < 4.78 is 5.03. The van der Waals surface area contributed by atoms with Gasteiger partial charge in [-0.2, -0.15) is 0 Å². The third-order valence-electron chi connectivity index (χ3n) is 2.88. The number of nitro groups is 1. The van der Waals surface area contributed by atoms with E-state index in [2.05, 4.69) is 5.32 Å². The Hall–Kier alpha value is -2.83. The number of nitrogens with zero attached hydrogens (tertiary/aromatic N) is 1. The van der Waals surface area contributed by atoms with Crippen LogP contribution in [0.4, 0.5) is 11.6 Å². The fraction of sp³-hybridized carbons (Fsp3) is 0.154. The second-order valence-electron chi connectivity index (χ2n) is 4.19. The molecule has 0 spiro atoms. The van der Waals surface area contributed by atoms with E-state index in [0.29, 0.717) is 11.3 Å². The van der Waals surface area contributed by atoms with E-state index in [9.17, 15) is 14.9 Å². The molecule has 0 aliphatic heterocycles. The molecule has 7 heteroatoms. The maximum absolute atomic E-state index is 11.2. The van der Waals surface area contributed by atoms with E-state index in [1.807, 2.05) is 0 Å². The number of rotatable bonds is 5. The van der Waals surface area contributed by atoms with Crippen molar-refractivity contribution in [1.82, 2.24) is 0 Å². The first-order chi connectivity index (χ1) is 9.49. The van der Waals surface area contributed by atoms with Crippen molar-refractivity contribution in [3.05, 3.63) is 57.3 Å². The summed E-state index contributed by atoms with van der Waals surface area (Å²) in [4.78, 5) is 21.1. The van der Waals surface area contributed by atoms with E-state index in [1.165, 1.54) is 12.1 Å². The molecule has 2 rings (SSSR count). The van der Waals surface area contributed by atoms with E-state index < -0.39 is 10.8 Å². The van der Waals surface area contributed by atoms with Crippen LogP contribution in [0.25, 0.3) is 0 Å². The molecule has 0 saturated carbocycles. The minimum absolute atomic E-state index is 0.275. The molecule has 0 bridgehead atoms. The molecule has 1 aromatic carbocycles. The van der Waals surface area contributed by atoms with Gasteiger partial charge in [0.2, 0.25) is 5.91 Å². The summed E-state index contributed by atoms with van der Waals surface area (Å²) in [5.74, 6) is -0.371. The van der Waals surface area contributed by atoms with Gasteiger partial charge in [-0.25, -0.2) is 0 Å². The summed E-state index contributed by atoms with van der Waals surface area (Å²) in [7, 11) is 0. The zero-order chi connectivity index (χ0) is 14.7. The summed E-state index contributed by atoms with van der Waals surface area (Å²) in [6.45, 7) is 2.05. The number of hydrogen-bond donors (Lipinski definition) is 2. The largest absolute Gasteiger partial charge is 0.433 e. The van der Waals surface area contributed by atoms with E-state index in [0.717, 1.165) is 11.3 Å². The molecule has 3 N–H and O–H groups in total. The second kappa shape index (κ2) is 5.43. The van der Waals surface area contributed by atoms with E-state index >= 15 is 0 Å². The maximum atomic E-state index is 11.2. The molecule has 0 atom stereocenters. The number of hydrogen-bond acceptors (Lipinski definition) is 5. The number of nitrogens with two attached hydrogens (primary N) is 1. The summed E-state index contributed by atoms with van der Waals surface area (Å²) in [5, 5.41) is 13.6. The number of benzene rings is 1. The normalized spacial score (nSPS) is 10.2. The molecule has 2 aromatic rings. The number of carbonyl (C=O) groups is 1. The van der Waals surface area contributed by atoms with Crippen molar-refractivity contribution in [2.75, 3.05) is 5.32 Å². The lowest BCUT2D eigenvalue weighted by Crippen LogP contribution is -2.13. The molecule has 1 amide bonds. The van der Waals surface area contributed by atoms with Crippen LogP contribution in [0.15, 0.2) is 34.7 Å². The van der Waals surface area contributed by atoms with Crippen LogP contribution in [0.3, 0.4) is 0 Å². The predicted molar refractivity (Wildman–Crippen MR) is 72.4 cm³/mol. The van der Waals surface area contributed by atoms with Gasteiger partial charge in [-0.15, -0.1) is 0 Å². The highest BCUT2D eigenvalue weighted by Gasteiger charge is 2.12. The highest BCUT2D eigenvalue weighted by Crippen LogP contribution is 2.21. The van der Waals surface area contributed by atoms with E-state index in [-0.39, 0.29) is 12.4 Å². The molecule has 0 unspecified atom stereocenters. The summed E-state index contributed by atoms with van der Waals surface area (Å²) in [6.07, 6.45) is 0. The van der Waals surface area contributed by atoms with Crippen LogP contribution in [0.1, 0.15) is 21.7 Å². The average Bonchev–Trinajstić information content (AvgIpc) is 2.86. The quantitative estimate of drug-likeness (QED) is 0.641. The zero-order valence-corrected chi connectivity index (χ0v) is 10.8. The Morgan fingerprint density at radius 2 is 2.15 bits per heavy atom. The Kier molecular flexibility index (Phi) is 3.69. The molecule has 20 heavy (non-hydrogen) atoms. The lowest BCUT2D eigenvalue weighted by atomic mass is 10.1. The minimum Gasteiger partial charge on any atom is -0.404 e. The lowest BCUT2D eigenvalue weighted by Gasteiger charge is -2.10. The topological polar surface area (TPSA) is 111 Å². The smallest absolute Gasteiger partial charge is 0.404 e. The molecule has 0 aliphatic carbocycles. The van der Waals surface area contributed by atoms with Gasteiger partial charge in [-0.1, -0.05) is 6.07 Å². The first-order valence-electron chi connectivity index (χ1n) is 5.85. The van der Waals surface area contributed by atoms with Crippen molar-refractivity contribution in [2.24, 2.45) is 5.73 Å². The average molecular weight is 275 g/mol. The summed E-state index contributed by atoms with van der Waals surface area (Å²) >= 11 is 0. The van der Waals surface area contributed by atoms with Crippen molar-refractivity contribution in [2.45, 2.75) is 13.5 Å². The van der Waals surface area contributed by atoms with Gasteiger partial charge in [-0.05, 0) is 30.7 Å². The van der Waals surface area contributed by atoms with Crippen LogP contribution in [-0.4, -0.2) is 10.8 Å². The molecule has 104 valence electrons. The monoisotopic (exact) mass is 275 g/mol. The fourth-order valence-electron chi connectivity index (χ4n) is 1.84. The number of anilines is 1. The van der Waals surface area contributed by atoms with Crippen LogP contribution in [0.5, 0.6) is 0 Å². The van der Waals surface area contributed by atoms with E-state index in [1.54, 1.807) is 25.1 Å². The van der Waals surface area contributed by atoms with Crippen molar-refractivity contribution < 1.29 is 14.1 Å². The first-order valence-corrected chi connectivity index (χ1v) is 5.85. The van der Waals surface area contributed by atoms with E-state index in [4.69, 9.17) is 10.2 Å². The molecule has 0 radical (unpaired) electrons. The lowest BCUT2D eigenvalue weighted by molar-refractivity contribution is -0.402. The van der Waals surface area contributed by atoms with Gasteiger partial charge in [0.05, 0.1) is 12.6 Å². The number of furan rings is 1. The zero-order valence-electron chi connectivity index (χ0n) is 10.8. The summed E-state index contributed by atoms with van der Waals surface area (Å²) in [6, 6.07) is 7.96. The van der Waals surface area contributed by atoms with Crippen LogP contribution in [0, 0.1) is 17.0 Å². The highest BCUT2D eigenvalue weighted by molar-refractivity contribution is 5.95. The molecular weight excluding hydrogens is 262 g/mol. The number of carbonyl (C=O) groups excluding carboxylic acids is 1. The molecule has 0 fully saturated rings. The van der Waals surface area contributed by atoms with Crippen molar-refractivity contribution in [3.63, 3.8) is 0 Å². The van der Waals surface area contributed by atoms with Gasteiger partial charge in [0.15, 0.2) is 0 Å². The Morgan fingerprint density at radius 3 is 2.75 bits per heavy atom. The molecule has 1 heterocycles. The molecule has 1 aromatic heterocycles. The van der Waals surface area contributed by atoms with Crippen LogP contribution in [-0.2, 0) is 6.54 Å². The maximum Gasteiger partial charge on any atom is 0.433 e. The SMILES string of the molecule is Cc1c(NCc2ccc([N+](=O)[O-])o2)cccc1C(N)=O. The highest BCUT2D eigenvalue weighted by atomic mass is 16.6. The van der Waals surface area contributed by atoms with Crippen molar-refractivity contribution in [3.8, 4) is 0 Å². The van der Waals surface area contributed by atoms with Gasteiger partial charge in [-0.3, -0.25) is 14.9 Å². The van der Waals surface area contributed by atoms with Gasteiger partial charge < -0.3 is 15.5 Å². The number of primary amides is 1. The van der Waals surface area contributed by atoms with Crippen LogP contribution >= 0.6 is 0 Å². The first kappa shape index (κ1) is 13.6. The second-order valence-corrected chi connectivity index (χ2v) is 4.19. The predicted octanol–water partition coefficient (Wildman–Crippen LogP) is 2.21. The third-order valence-corrected chi connectivity index (χ3v) is 2.88. The molecule has 0 saturated heterocycles. The van der Waals surface area contributed by atoms with Gasteiger partial charge in [0, 0.05) is 11.3 Å². The Balaban J connectivity index is 2.12.